The normalized spacial score (nSPS) is 10.7. The molecule has 18 heavy (non-hydrogen) atoms. The molecule has 1 aromatic carbocycles. The Morgan fingerprint density at radius 2 is 2.00 bits per heavy atom. The van der Waals surface area contributed by atoms with Crippen LogP contribution in [0.3, 0.4) is 0 Å². The van der Waals surface area contributed by atoms with E-state index in [1.165, 1.54) is 12.2 Å². The molecule has 0 radical (unpaired) electrons. The SMILES string of the molecule is CON(C)C(=O)c1cc(C)nc2ccc(C)cc12. The van der Waals surface area contributed by atoms with E-state index < -0.39 is 0 Å². The van der Waals surface area contributed by atoms with E-state index in [9.17, 15) is 4.79 Å². The van der Waals surface area contributed by atoms with Crippen LogP contribution in [0.1, 0.15) is 21.6 Å². The summed E-state index contributed by atoms with van der Waals surface area (Å²) in [6.45, 7) is 3.87. The lowest BCUT2D eigenvalue weighted by molar-refractivity contribution is -0.0755. The van der Waals surface area contributed by atoms with Crippen LogP contribution in [0.4, 0.5) is 0 Å². The van der Waals surface area contributed by atoms with Gasteiger partial charge in [-0.05, 0) is 32.0 Å². The third-order valence-corrected chi connectivity index (χ3v) is 2.88. The molecule has 0 atom stereocenters. The second kappa shape index (κ2) is 4.74. The number of carbonyl (C=O) groups excluding carboxylic acids is 1. The van der Waals surface area contributed by atoms with Gasteiger partial charge in [0.2, 0.25) is 0 Å². The lowest BCUT2D eigenvalue weighted by atomic mass is 10.0. The van der Waals surface area contributed by atoms with Crippen LogP contribution in [0.2, 0.25) is 0 Å². The van der Waals surface area contributed by atoms with E-state index in [0.717, 1.165) is 22.2 Å². The summed E-state index contributed by atoms with van der Waals surface area (Å²) >= 11 is 0. The maximum Gasteiger partial charge on any atom is 0.277 e. The van der Waals surface area contributed by atoms with E-state index in [1.807, 2.05) is 32.0 Å². The number of aromatic nitrogens is 1. The van der Waals surface area contributed by atoms with Gasteiger partial charge in [0.05, 0.1) is 18.2 Å². The van der Waals surface area contributed by atoms with Crippen molar-refractivity contribution in [3.05, 3.63) is 41.1 Å². The minimum absolute atomic E-state index is 0.168. The van der Waals surface area contributed by atoms with Crippen molar-refractivity contribution in [3.8, 4) is 0 Å². The van der Waals surface area contributed by atoms with Gasteiger partial charge in [0.25, 0.3) is 5.91 Å². The zero-order valence-corrected chi connectivity index (χ0v) is 11.0. The van der Waals surface area contributed by atoms with Crippen LogP contribution in [-0.2, 0) is 4.84 Å². The van der Waals surface area contributed by atoms with Gasteiger partial charge in [-0.1, -0.05) is 11.6 Å². The number of nitrogens with zero attached hydrogens (tertiary/aromatic N) is 2. The van der Waals surface area contributed by atoms with Crippen LogP contribution in [0.5, 0.6) is 0 Å². The molecule has 4 nitrogen and oxygen atoms in total. The fourth-order valence-corrected chi connectivity index (χ4v) is 1.90. The Hall–Kier alpha value is -1.94. The average molecular weight is 244 g/mol. The van der Waals surface area contributed by atoms with E-state index >= 15 is 0 Å². The van der Waals surface area contributed by atoms with Crippen molar-refractivity contribution >= 4 is 16.8 Å². The third kappa shape index (κ3) is 2.19. The summed E-state index contributed by atoms with van der Waals surface area (Å²) in [6, 6.07) is 7.68. The number of fused-ring (bicyclic) bond motifs is 1. The van der Waals surface area contributed by atoms with Gasteiger partial charge < -0.3 is 0 Å². The second-order valence-corrected chi connectivity index (χ2v) is 4.32. The summed E-state index contributed by atoms with van der Waals surface area (Å²) in [5.41, 5.74) is 3.36. The number of carbonyl (C=O) groups is 1. The van der Waals surface area contributed by atoms with Gasteiger partial charge in [0.15, 0.2) is 0 Å². The minimum Gasteiger partial charge on any atom is -0.274 e. The maximum absolute atomic E-state index is 12.2. The molecule has 0 fully saturated rings. The van der Waals surface area contributed by atoms with Crippen molar-refractivity contribution in [1.82, 2.24) is 10.0 Å². The predicted octanol–water partition coefficient (Wildman–Crippen LogP) is 2.49. The van der Waals surface area contributed by atoms with Crippen LogP contribution in [0.25, 0.3) is 10.9 Å². The predicted molar refractivity (Wildman–Crippen MR) is 70.3 cm³/mol. The molecule has 0 aliphatic heterocycles. The number of hydrogen-bond donors (Lipinski definition) is 0. The first-order valence-corrected chi connectivity index (χ1v) is 5.73. The van der Waals surface area contributed by atoms with Gasteiger partial charge in [-0.25, -0.2) is 5.06 Å². The van der Waals surface area contributed by atoms with Gasteiger partial charge in [0, 0.05) is 18.1 Å². The number of pyridine rings is 1. The molecule has 0 unspecified atom stereocenters. The number of aryl methyl sites for hydroxylation is 2. The summed E-state index contributed by atoms with van der Waals surface area (Å²) in [6.07, 6.45) is 0. The number of hydroxylamine groups is 2. The molecule has 0 aliphatic rings. The van der Waals surface area contributed by atoms with Gasteiger partial charge in [-0.15, -0.1) is 0 Å². The standard InChI is InChI=1S/C14H16N2O2/c1-9-5-6-13-11(7-9)12(8-10(2)15-13)14(17)16(3)18-4/h5-8H,1-4H3. The second-order valence-electron chi connectivity index (χ2n) is 4.32. The smallest absolute Gasteiger partial charge is 0.274 e. The number of rotatable bonds is 2. The molecule has 1 heterocycles. The molecule has 1 aromatic heterocycles. The van der Waals surface area contributed by atoms with E-state index in [1.54, 1.807) is 13.1 Å². The topological polar surface area (TPSA) is 42.4 Å². The van der Waals surface area contributed by atoms with Crippen molar-refractivity contribution in [2.75, 3.05) is 14.2 Å². The number of hydrogen-bond acceptors (Lipinski definition) is 3. The first-order chi connectivity index (χ1) is 8.52. The Morgan fingerprint density at radius 3 is 2.67 bits per heavy atom. The van der Waals surface area contributed by atoms with Crippen LogP contribution in [-0.4, -0.2) is 30.1 Å². The van der Waals surface area contributed by atoms with E-state index in [2.05, 4.69) is 4.98 Å². The van der Waals surface area contributed by atoms with E-state index in [0.29, 0.717) is 5.56 Å². The third-order valence-electron chi connectivity index (χ3n) is 2.88. The highest BCUT2D eigenvalue weighted by Crippen LogP contribution is 2.21. The average Bonchev–Trinajstić information content (AvgIpc) is 2.36. The van der Waals surface area contributed by atoms with Crippen molar-refractivity contribution < 1.29 is 9.63 Å². The Morgan fingerprint density at radius 1 is 1.28 bits per heavy atom. The first kappa shape index (κ1) is 12.5. The van der Waals surface area contributed by atoms with E-state index in [-0.39, 0.29) is 5.91 Å². The molecule has 0 saturated carbocycles. The molecule has 94 valence electrons. The van der Waals surface area contributed by atoms with Gasteiger partial charge in [-0.3, -0.25) is 14.6 Å². The molecule has 4 heteroatoms. The quantitative estimate of drug-likeness (QED) is 0.762. The Kier molecular flexibility index (Phi) is 3.30. The summed E-state index contributed by atoms with van der Waals surface area (Å²) in [5, 5.41) is 2.07. The van der Waals surface area contributed by atoms with Crippen molar-refractivity contribution in [1.29, 1.82) is 0 Å². The molecule has 0 N–H and O–H groups in total. The minimum atomic E-state index is -0.168. The molecule has 0 bridgehead atoms. The highest BCUT2D eigenvalue weighted by Gasteiger charge is 2.16. The van der Waals surface area contributed by atoms with Gasteiger partial charge in [0.1, 0.15) is 0 Å². The van der Waals surface area contributed by atoms with Gasteiger partial charge in [-0.2, -0.15) is 0 Å². The lowest BCUT2D eigenvalue weighted by Gasteiger charge is -2.15. The van der Waals surface area contributed by atoms with Crippen molar-refractivity contribution in [2.45, 2.75) is 13.8 Å². The monoisotopic (exact) mass is 244 g/mol. The Bertz CT molecular complexity index is 608. The number of amides is 1. The Balaban J connectivity index is 2.68. The summed E-state index contributed by atoms with van der Waals surface area (Å²) in [4.78, 5) is 21.6. The summed E-state index contributed by atoms with van der Waals surface area (Å²) in [5.74, 6) is -0.168. The molecule has 0 spiro atoms. The lowest BCUT2D eigenvalue weighted by Crippen LogP contribution is -2.25. The van der Waals surface area contributed by atoms with Crippen LogP contribution >= 0.6 is 0 Å². The highest BCUT2D eigenvalue weighted by molar-refractivity contribution is 6.05. The van der Waals surface area contributed by atoms with E-state index in [4.69, 9.17) is 4.84 Å². The maximum atomic E-state index is 12.2. The van der Waals surface area contributed by atoms with Crippen molar-refractivity contribution in [3.63, 3.8) is 0 Å². The summed E-state index contributed by atoms with van der Waals surface area (Å²) in [7, 11) is 3.07. The molecule has 0 aliphatic carbocycles. The fourth-order valence-electron chi connectivity index (χ4n) is 1.90. The van der Waals surface area contributed by atoms with Crippen LogP contribution in [0, 0.1) is 13.8 Å². The molecular weight excluding hydrogens is 228 g/mol. The van der Waals surface area contributed by atoms with Gasteiger partial charge >= 0.3 is 0 Å². The largest absolute Gasteiger partial charge is 0.277 e. The molecular formula is C14H16N2O2. The Labute approximate surface area is 106 Å². The highest BCUT2D eigenvalue weighted by atomic mass is 16.7. The fraction of sp³-hybridized carbons (Fsp3) is 0.286. The van der Waals surface area contributed by atoms with Crippen LogP contribution in [0.15, 0.2) is 24.3 Å². The van der Waals surface area contributed by atoms with Crippen molar-refractivity contribution in [2.24, 2.45) is 0 Å². The zero-order valence-electron chi connectivity index (χ0n) is 11.0. The first-order valence-electron chi connectivity index (χ1n) is 5.73. The molecule has 2 rings (SSSR count). The van der Waals surface area contributed by atoms with Crippen LogP contribution < -0.4 is 0 Å². The molecule has 2 aromatic rings. The molecule has 1 amide bonds. The molecule has 0 saturated heterocycles. The number of benzene rings is 1. The summed E-state index contributed by atoms with van der Waals surface area (Å²) < 4.78 is 0. The zero-order chi connectivity index (χ0) is 13.3.